The molecule has 1 amide bonds. The van der Waals surface area contributed by atoms with Crippen molar-refractivity contribution < 1.29 is 27.9 Å². The van der Waals surface area contributed by atoms with Crippen LogP contribution in [0.15, 0.2) is 12.4 Å². The molecule has 1 aliphatic rings. The topological polar surface area (TPSA) is 114 Å². The normalized spacial score (nSPS) is 17.3. The Hall–Kier alpha value is -3.05. The van der Waals surface area contributed by atoms with Gasteiger partial charge in [0.25, 0.3) is 5.91 Å². The molecule has 0 fully saturated rings. The lowest BCUT2D eigenvalue weighted by Gasteiger charge is -2.33. The first kappa shape index (κ1) is 16.8. The molecule has 0 saturated heterocycles. The summed E-state index contributed by atoms with van der Waals surface area (Å²) in [4.78, 5) is 32.4. The summed E-state index contributed by atoms with van der Waals surface area (Å²) in [5, 5.41) is 15.8. The molecule has 9 nitrogen and oxygen atoms in total. The minimum absolute atomic E-state index is 0.0345. The lowest BCUT2D eigenvalue weighted by Crippen LogP contribution is -2.42. The Balaban J connectivity index is 1.95. The van der Waals surface area contributed by atoms with E-state index < -0.39 is 35.6 Å². The first-order chi connectivity index (χ1) is 11.7. The van der Waals surface area contributed by atoms with Crippen molar-refractivity contribution in [1.29, 1.82) is 0 Å². The van der Waals surface area contributed by atoms with Crippen molar-refractivity contribution in [3.63, 3.8) is 0 Å². The van der Waals surface area contributed by atoms with Gasteiger partial charge < -0.3 is 14.6 Å². The van der Waals surface area contributed by atoms with Gasteiger partial charge in [-0.25, -0.2) is 14.8 Å². The molecule has 1 N–H and O–H groups in total. The monoisotopic (exact) mass is 356 g/mol. The van der Waals surface area contributed by atoms with Crippen LogP contribution < -0.4 is 0 Å². The molecule has 0 radical (unpaired) electrons. The molecule has 1 unspecified atom stereocenters. The van der Waals surface area contributed by atoms with Crippen LogP contribution in [0.2, 0.25) is 0 Å². The summed E-state index contributed by atoms with van der Waals surface area (Å²) in [6, 6.07) is -0.839. The SMILES string of the molecule is CC1c2nnc(C(F)(F)F)n2CCN1C(=O)c1nccnc1C(=O)O. The van der Waals surface area contributed by atoms with Crippen LogP contribution in [0.5, 0.6) is 0 Å². The van der Waals surface area contributed by atoms with Crippen LogP contribution in [0.4, 0.5) is 13.2 Å². The summed E-state index contributed by atoms with van der Waals surface area (Å²) in [5.41, 5.74) is -0.909. The zero-order chi connectivity index (χ0) is 18.4. The zero-order valence-corrected chi connectivity index (χ0v) is 12.7. The molecule has 12 heteroatoms. The maximum atomic E-state index is 12.9. The van der Waals surface area contributed by atoms with Crippen LogP contribution in [0.25, 0.3) is 0 Å². The van der Waals surface area contributed by atoms with Crippen molar-refractivity contribution in [1.82, 2.24) is 29.6 Å². The molecule has 1 atom stereocenters. The van der Waals surface area contributed by atoms with Crippen molar-refractivity contribution in [2.24, 2.45) is 0 Å². The molecule has 1 aliphatic heterocycles. The molecular weight excluding hydrogens is 345 g/mol. The number of hydrogen-bond donors (Lipinski definition) is 1. The van der Waals surface area contributed by atoms with Gasteiger partial charge in [-0.1, -0.05) is 0 Å². The van der Waals surface area contributed by atoms with Crippen molar-refractivity contribution in [3.05, 3.63) is 35.4 Å². The van der Waals surface area contributed by atoms with Crippen molar-refractivity contribution in [3.8, 4) is 0 Å². The second-order valence-corrected chi connectivity index (χ2v) is 5.26. The average Bonchev–Trinajstić information content (AvgIpc) is 3.00. The first-order valence-corrected chi connectivity index (χ1v) is 7.07. The van der Waals surface area contributed by atoms with Gasteiger partial charge >= 0.3 is 12.1 Å². The predicted molar refractivity (Wildman–Crippen MR) is 73.5 cm³/mol. The summed E-state index contributed by atoms with van der Waals surface area (Å²) in [6.45, 7) is 1.23. The van der Waals surface area contributed by atoms with E-state index in [2.05, 4.69) is 20.2 Å². The summed E-state index contributed by atoms with van der Waals surface area (Å²) in [7, 11) is 0. The largest absolute Gasteiger partial charge is 0.476 e. The molecule has 0 aromatic carbocycles. The van der Waals surface area contributed by atoms with Gasteiger partial charge in [0.1, 0.15) is 0 Å². The molecule has 2 aromatic heterocycles. The fraction of sp³-hybridized carbons (Fsp3) is 0.385. The van der Waals surface area contributed by atoms with E-state index in [1.165, 1.54) is 18.0 Å². The molecule has 132 valence electrons. The van der Waals surface area contributed by atoms with E-state index in [4.69, 9.17) is 5.11 Å². The second kappa shape index (κ2) is 5.79. The molecule has 0 saturated carbocycles. The average molecular weight is 356 g/mol. The number of carbonyl (C=O) groups is 2. The number of hydrogen-bond acceptors (Lipinski definition) is 6. The molecular formula is C13H11F3N6O3. The van der Waals surface area contributed by atoms with Gasteiger partial charge in [-0.15, -0.1) is 10.2 Å². The summed E-state index contributed by atoms with van der Waals surface area (Å²) < 4.78 is 39.6. The molecule has 0 bridgehead atoms. The molecule has 25 heavy (non-hydrogen) atoms. The second-order valence-electron chi connectivity index (χ2n) is 5.26. The quantitative estimate of drug-likeness (QED) is 0.854. The van der Waals surface area contributed by atoms with E-state index in [-0.39, 0.29) is 24.6 Å². The Labute approximate surface area is 138 Å². The highest BCUT2D eigenvalue weighted by atomic mass is 19.4. The standard InChI is InChI=1S/C13H11F3N6O3/c1-6-9-19-20-12(13(14,15)16)22(9)5-4-21(6)10(23)7-8(11(24)25)18-3-2-17-7/h2-3,6H,4-5H2,1H3,(H,24,25). The van der Waals surface area contributed by atoms with E-state index in [0.717, 1.165) is 10.8 Å². The van der Waals surface area contributed by atoms with Crippen LogP contribution in [0, 0.1) is 0 Å². The first-order valence-electron chi connectivity index (χ1n) is 7.07. The van der Waals surface area contributed by atoms with E-state index >= 15 is 0 Å². The number of halogens is 3. The number of amides is 1. The number of alkyl halides is 3. The number of carbonyl (C=O) groups excluding carboxylic acids is 1. The molecule has 2 aromatic rings. The maximum absolute atomic E-state index is 12.9. The van der Waals surface area contributed by atoms with Gasteiger partial charge in [0, 0.05) is 25.5 Å². The van der Waals surface area contributed by atoms with Gasteiger partial charge in [0.15, 0.2) is 17.2 Å². The zero-order valence-electron chi connectivity index (χ0n) is 12.7. The summed E-state index contributed by atoms with van der Waals surface area (Å²) >= 11 is 0. The van der Waals surface area contributed by atoms with Crippen molar-refractivity contribution in [2.45, 2.75) is 25.7 Å². The van der Waals surface area contributed by atoms with Crippen molar-refractivity contribution in [2.75, 3.05) is 6.54 Å². The molecule has 0 spiro atoms. The Morgan fingerprint density at radius 1 is 1.16 bits per heavy atom. The number of nitrogens with zero attached hydrogens (tertiary/aromatic N) is 6. The summed E-state index contributed by atoms with van der Waals surface area (Å²) in [5.74, 6) is -3.34. The lowest BCUT2D eigenvalue weighted by molar-refractivity contribution is -0.148. The third-order valence-corrected chi connectivity index (χ3v) is 3.80. The predicted octanol–water partition coefficient (Wildman–Crippen LogP) is 1.00. The minimum Gasteiger partial charge on any atom is -0.476 e. The third kappa shape index (κ3) is 2.79. The number of carboxylic acids is 1. The number of fused-ring (bicyclic) bond motifs is 1. The number of aromatic carboxylic acids is 1. The van der Waals surface area contributed by atoms with Gasteiger partial charge in [0.2, 0.25) is 5.82 Å². The Kier molecular flexibility index (Phi) is 3.89. The minimum atomic E-state index is -4.65. The van der Waals surface area contributed by atoms with Crippen LogP contribution in [-0.4, -0.2) is 53.2 Å². The molecule has 3 heterocycles. The Bertz CT molecular complexity index is 850. The maximum Gasteiger partial charge on any atom is 0.451 e. The Morgan fingerprint density at radius 3 is 2.40 bits per heavy atom. The van der Waals surface area contributed by atoms with E-state index in [1.807, 2.05) is 0 Å². The van der Waals surface area contributed by atoms with E-state index in [9.17, 15) is 22.8 Å². The van der Waals surface area contributed by atoms with E-state index in [0.29, 0.717) is 0 Å². The smallest absolute Gasteiger partial charge is 0.451 e. The van der Waals surface area contributed by atoms with Crippen LogP contribution >= 0.6 is 0 Å². The highest BCUT2D eigenvalue weighted by molar-refractivity contribution is 6.02. The highest BCUT2D eigenvalue weighted by Crippen LogP contribution is 2.33. The van der Waals surface area contributed by atoms with Gasteiger partial charge in [-0.2, -0.15) is 13.2 Å². The van der Waals surface area contributed by atoms with Crippen LogP contribution in [0.3, 0.4) is 0 Å². The van der Waals surface area contributed by atoms with Crippen LogP contribution in [-0.2, 0) is 12.7 Å². The Morgan fingerprint density at radius 2 is 1.80 bits per heavy atom. The number of rotatable bonds is 2. The fourth-order valence-electron chi connectivity index (χ4n) is 2.66. The number of carboxylic acid groups (broad SMARTS) is 1. The highest BCUT2D eigenvalue weighted by Gasteiger charge is 2.42. The van der Waals surface area contributed by atoms with Crippen LogP contribution in [0.1, 0.15) is 45.6 Å². The lowest BCUT2D eigenvalue weighted by atomic mass is 10.1. The molecule has 3 rings (SSSR count). The van der Waals surface area contributed by atoms with Gasteiger partial charge in [-0.3, -0.25) is 4.79 Å². The summed E-state index contributed by atoms with van der Waals surface area (Å²) in [6.07, 6.45) is -2.36. The van der Waals surface area contributed by atoms with Gasteiger partial charge in [-0.05, 0) is 6.92 Å². The van der Waals surface area contributed by atoms with E-state index in [1.54, 1.807) is 0 Å². The molecule has 0 aliphatic carbocycles. The van der Waals surface area contributed by atoms with Crippen molar-refractivity contribution >= 4 is 11.9 Å². The number of aromatic nitrogens is 5. The van der Waals surface area contributed by atoms with Gasteiger partial charge in [0.05, 0.1) is 6.04 Å². The third-order valence-electron chi connectivity index (χ3n) is 3.80. The fourth-order valence-corrected chi connectivity index (χ4v) is 2.66.